The molecular formula is C19H33NO. The van der Waals surface area contributed by atoms with E-state index in [-0.39, 0.29) is 0 Å². The lowest BCUT2D eigenvalue weighted by atomic mass is 10.0. The van der Waals surface area contributed by atoms with Gasteiger partial charge in [0.05, 0.1) is 0 Å². The predicted molar refractivity (Wildman–Crippen MR) is 91.4 cm³/mol. The molecule has 0 N–H and O–H groups in total. The largest absolute Gasteiger partial charge is 0.297 e. The first-order valence-electron chi connectivity index (χ1n) is 8.98. The van der Waals surface area contributed by atoms with Crippen molar-refractivity contribution in [2.45, 2.75) is 90.4 Å². The van der Waals surface area contributed by atoms with E-state index in [1.165, 1.54) is 82.6 Å². The van der Waals surface area contributed by atoms with Crippen LogP contribution in [0, 0.1) is 0 Å². The number of aryl methyl sites for hydroxylation is 1. The summed E-state index contributed by atoms with van der Waals surface area (Å²) in [4.78, 5) is 10.6. The average Bonchev–Trinajstić information content (AvgIpc) is 2.96. The first-order valence-corrected chi connectivity index (χ1v) is 8.98. The lowest BCUT2D eigenvalue weighted by Gasteiger charge is -2.02. The summed E-state index contributed by atoms with van der Waals surface area (Å²) in [7, 11) is 0. The van der Waals surface area contributed by atoms with E-state index in [0.717, 1.165) is 12.8 Å². The number of hydrogen-bond acceptors (Lipinski definition) is 1. The van der Waals surface area contributed by atoms with Crippen LogP contribution < -0.4 is 0 Å². The molecule has 0 aliphatic rings. The predicted octanol–water partition coefficient (Wildman–Crippen LogP) is 5.77. The lowest BCUT2D eigenvalue weighted by Crippen LogP contribution is -1.89. The summed E-state index contributed by atoms with van der Waals surface area (Å²) >= 11 is 0. The Morgan fingerprint density at radius 2 is 1.38 bits per heavy atom. The van der Waals surface area contributed by atoms with Gasteiger partial charge in [-0.2, -0.15) is 0 Å². The van der Waals surface area contributed by atoms with Crippen molar-refractivity contribution in [3.8, 4) is 0 Å². The Balaban J connectivity index is 1.81. The zero-order valence-electron chi connectivity index (χ0n) is 13.9. The van der Waals surface area contributed by atoms with Gasteiger partial charge in [0.15, 0.2) is 0 Å². The molecule has 0 aliphatic carbocycles. The van der Waals surface area contributed by atoms with Crippen LogP contribution in [0.15, 0.2) is 18.5 Å². The minimum absolute atomic E-state index is 0.853. The van der Waals surface area contributed by atoms with Gasteiger partial charge in [0.2, 0.25) is 6.41 Å². The van der Waals surface area contributed by atoms with Gasteiger partial charge in [-0.1, -0.05) is 77.6 Å². The van der Waals surface area contributed by atoms with Crippen molar-refractivity contribution in [3.63, 3.8) is 0 Å². The van der Waals surface area contributed by atoms with E-state index in [2.05, 4.69) is 6.92 Å². The second-order valence-corrected chi connectivity index (χ2v) is 6.21. The second kappa shape index (κ2) is 12.7. The SMILES string of the molecule is CCCCCCCCCCCCCCc1ccn(C=O)c1. The van der Waals surface area contributed by atoms with Gasteiger partial charge >= 0.3 is 0 Å². The summed E-state index contributed by atoms with van der Waals surface area (Å²) in [6, 6.07) is 2.05. The molecule has 1 aromatic rings. The molecule has 2 nitrogen and oxygen atoms in total. The second-order valence-electron chi connectivity index (χ2n) is 6.21. The Morgan fingerprint density at radius 3 is 1.86 bits per heavy atom. The van der Waals surface area contributed by atoms with Gasteiger partial charge in [0, 0.05) is 12.4 Å². The number of rotatable bonds is 14. The summed E-state index contributed by atoms with van der Waals surface area (Å²) < 4.78 is 1.59. The molecule has 1 heterocycles. The molecule has 2 heteroatoms. The highest BCUT2D eigenvalue weighted by Crippen LogP contribution is 2.13. The summed E-state index contributed by atoms with van der Waals surface area (Å²) in [5.41, 5.74) is 1.29. The molecule has 0 fully saturated rings. The highest BCUT2D eigenvalue weighted by atomic mass is 16.1. The monoisotopic (exact) mass is 291 g/mol. The minimum atomic E-state index is 0.853. The third-order valence-corrected chi connectivity index (χ3v) is 4.22. The Labute approximate surface area is 130 Å². The van der Waals surface area contributed by atoms with E-state index in [0.29, 0.717) is 0 Å². The van der Waals surface area contributed by atoms with Crippen LogP contribution in [0.1, 0.15) is 89.5 Å². The summed E-state index contributed by atoms with van der Waals surface area (Å²) in [5.74, 6) is 0. The molecule has 1 aromatic heterocycles. The number of carbonyl (C=O) groups is 1. The molecule has 0 amide bonds. The van der Waals surface area contributed by atoms with Gasteiger partial charge in [0.1, 0.15) is 0 Å². The van der Waals surface area contributed by atoms with Crippen molar-refractivity contribution >= 4 is 6.41 Å². The number of carbonyl (C=O) groups excluding carboxylic acids is 1. The summed E-state index contributed by atoms with van der Waals surface area (Å²) in [5, 5.41) is 0. The standard InChI is InChI=1S/C19H33NO/c1-2-3-4-5-6-7-8-9-10-11-12-13-14-19-15-16-20(17-19)18-21/h15-18H,2-14H2,1H3. The smallest absolute Gasteiger partial charge is 0.217 e. The molecule has 0 unspecified atom stereocenters. The van der Waals surface area contributed by atoms with Gasteiger partial charge in [0.25, 0.3) is 0 Å². The molecule has 21 heavy (non-hydrogen) atoms. The first kappa shape index (κ1) is 18.0. The van der Waals surface area contributed by atoms with E-state index in [1.54, 1.807) is 4.57 Å². The number of aromatic nitrogens is 1. The van der Waals surface area contributed by atoms with Crippen LogP contribution in [-0.2, 0) is 11.2 Å². The molecule has 0 atom stereocenters. The molecule has 0 saturated carbocycles. The van der Waals surface area contributed by atoms with E-state index in [4.69, 9.17) is 0 Å². The summed E-state index contributed by atoms with van der Waals surface area (Å²) in [6.45, 7) is 2.28. The third kappa shape index (κ3) is 9.49. The van der Waals surface area contributed by atoms with Gasteiger partial charge in [-0.05, 0) is 24.5 Å². The van der Waals surface area contributed by atoms with Crippen molar-refractivity contribution in [1.82, 2.24) is 4.57 Å². The molecule has 120 valence electrons. The number of hydrogen-bond donors (Lipinski definition) is 0. The Morgan fingerprint density at radius 1 is 0.857 bits per heavy atom. The van der Waals surface area contributed by atoms with Crippen LogP contribution in [0.3, 0.4) is 0 Å². The normalized spacial score (nSPS) is 10.9. The molecule has 0 radical (unpaired) electrons. The van der Waals surface area contributed by atoms with Crippen molar-refractivity contribution < 1.29 is 4.79 Å². The highest BCUT2D eigenvalue weighted by molar-refractivity contribution is 5.52. The first-order chi connectivity index (χ1) is 10.4. The minimum Gasteiger partial charge on any atom is -0.297 e. The molecule has 0 aliphatic heterocycles. The van der Waals surface area contributed by atoms with Gasteiger partial charge < -0.3 is 0 Å². The van der Waals surface area contributed by atoms with Crippen LogP contribution in [0.4, 0.5) is 0 Å². The Kier molecular flexibility index (Phi) is 10.9. The van der Waals surface area contributed by atoms with Crippen molar-refractivity contribution in [2.75, 3.05) is 0 Å². The molecule has 0 aromatic carbocycles. The maximum atomic E-state index is 10.6. The van der Waals surface area contributed by atoms with E-state index in [9.17, 15) is 4.79 Å². The van der Waals surface area contributed by atoms with Gasteiger partial charge in [-0.25, -0.2) is 0 Å². The maximum Gasteiger partial charge on any atom is 0.217 e. The maximum absolute atomic E-state index is 10.6. The van der Waals surface area contributed by atoms with Gasteiger partial charge in [-0.3, -0.25) is 9.36 Å². The Hall–Kier alpha value is -1.05. The zero-order chi connectivity index (χ0) is 15.2. The number of nitrogens with zero attached hydrogens (tertiary/aromatic N) is 1. The van der Waals surface area contributed by atoms with Crippen LogP contribution >= 0.6 is 0 Å². The fraction of sp³-hybridized carbons (Fsp3) is 0.737. The molecule has 0 bridgehead atoms. The highest BCUT2D eigenvalue weighted by Gasteiger charge is 1.97. The van der Waals surface area contributed by atoms with Crippen molar-refractivity contribution in [1.29, 1.82) is 0 Å². The average molecular weight is 291 g/mol. The third-order valence-electron chi connectivity index (χ3n) is 4.22. The van der Waals surface area contributed by atoms with E-state index in [1.807, 2.05) is 18.5 Å². The molecule has 0 spiro atoms. The number of unbranched alkanes of at least 4 members (excludes halogenated alkanes) is 11. The Bertz CT molecular complexity index is 356. The fourth-order valence-electron chi connectivity index (χ4n) is 2.84. The van der Waals surface area contributed by atoms with Crippen LogP contribution in [0.5, 0.6) is 0 Å². The molecule has 0 saturated heterocycles. The van der Waals surface area contributed by atoms with Crippen molar-refractivity contribution in [3.05, 3.63) is 24.0 Å². The fourth-order valence-corrected chi connectivity index (χ4v) is 2.84. The van der Waals surface area contributed by atoms with Crippen LogP contribution in [0.2, 0.25) is 0 Å². The van der Waals surface area contributed by atoms with Gasteiger partial charge in [-0.15, -0.1) is 0 Å². The molecule has 1 rings (SSSR count). The van der Waals surface area contributed by atoms with Crippen molar-refractivity contribution in [2.24, 2.45) is 0 Å². The van der Waals surface area contributed by atoms with E-state index >= 15 is 0 Å². The quantitative estimate of drug-likeness (QED) is 0.315. The van der Waals surface area contributed by atoms with Crippen LogP contribution in [-0.4, -0.2) is 11.0 Å². The lowest BCUT2D eigenvalue weighted by molar-refractivity contribution is 0.543. The summed E-state index contributed by atoms with van der Waals surface area (Å²) in [6.07, 6.45) is 22.4. The topological polar surface area (TPSA) is 22.0 Å². The zero-order valence-corrected chi connectivity index (χ0v) is 13.9. The van der Waals surface area contributed by atoms with Crippen LogP contribution in [0.25, 0.3) is 0 Å². The van der Waals surface area contributed by atoms with E-state index < -0.39 is 0 Å². The molecular weight excluding hydrogens is 258 g/mol.